The predicted octanol–water partition coefficient (Wildman–Crippen LogP) is 1.87. The van der Waals surface area contributed by atoms with Crippen LogP contribution in [0.1, 0.15) is 0 Å². The van der Waals surface area contributed by atoms with Gasteiger partial charge in [0.1, 0.15) is 12.1 Å². The standard InChI is InChI=1S/C20H19N5O3S/c21-29(27,28)17-8-6-16(7-9-17)24-20(26)15-11-25(12-15)19-10-18(22-13-23-19)14-4-2-1-3-5-14/h1-10,13,15H,11-12H2,(H,24,26)(H2,21,27,28). The third-order valence-corrected chi connectivity index (χ3v) is 5.68. The van der Waals surface area contributed by atoms with E-state index in [9.17, 15) is 13.2 Å². The summed E-state index contributed by atoms with van der Waals surface area (Å²) in [6.45, 7) is 1.10. The Hall–Kier alpha value is -3.30. The summed E-state index contributed by atoms with van der Waals surface area (Å²) in [6.07, 6.45) is 1.53. The summed E-state index contributed by atoms with van der Waals surface area (Å²) in [5, 5.41) is 7.87. The van der Waals surface area contributed by atoms with Gasteiger partial charge in [-0.05, 0) is 24.3 Å². The van der Waals surface area contributed by atoms with Crippen molar-refractivity contribution >= 4 is 27.4 Å². The molecule has 2 heterocycles. The van der Waals surface area contributed by atoms with Crippen LogP contribution in [0.5, 0.6) is 0 Å². The van der Waals surface area contributed by atoms with Crippen LogP contribution in [0.4, 0.5) is 11.5 Å². The smallest absolute Gasteiger partial charge is 0.238 e. The van der Waals surface area contributed by atoms with E-state index < -0.39 is 10.0 Å². The van der Waals surface area contributed by atoms with E-state index in [0.29, 0.717) is 18.8 Å². The van der Waals surface area contributed by atoms with E-state index in [1.54, 1.807) is 0 Å². The molecule has 0 saturated carbocycles. The van der Waals surface area contributed by atoms with E-state index in [1.165, 1.54) is 30.6 Å². The van der Waals surface area contributed by atoms with Gasteiger partial charge in [-0.25, -0.2) is 23.5 Å². The minimum Gasteiger partial charge on any atom is -0.355 e. The van der Waals surface area contributed by atoms with E-state index in [1.807, 2.05) is 41.3 Å². The highest BCUT2D eigenvalue weighted by atomic mass is 32.2. The lowest BCUT2D eigenvalue weighted by molar-refractivity contribution is -0.120. The van der Waals surface area contributed by atoms with Crippen LogP contribution >= 0.6 is 0 Å². The summed E-state index contributed by atoms with van der Waals surface area (Å²) in [5.41, 5.74) is 2.36. The Balaban J connectivity index is 1.37. The topological polar surface area (TPSA) is 118 Å². The van der Waals surface area contributed by atoms with Crippen molar-refractivity contribution in [2.45, 2.75) is 4.90 Å². The molecule has 1 fully saturated rings. The highest BCUT2D eigenvalue weighted by Crippen LogP contribution is 2.27. The van der Waals surface area contributed by atoms with E-state index >= 15 is 0 Å². The molecule has 8 nitrogen and oxygen atoms in total. The van der Waals surface area contributed by atoms with Crippen molar-refractivity contribution in [3.05, 3.63) is 67.0 Å². The van der Waals surface area contributed by atoms with Crippen molar-refractivity contribution in [1.82, 2.24) is 9.97 Å². The number of rotatable bonds is 5. The Morgan fingerprint density at radius 2 is 1.72 bits per heavy atom. The fourth-order valence-electron chi connectivity index (χ4n) is 3.09. The van der Waals surface area contributed by atoms with Gasteiger partial charge in [0.05, 0.1) is 16.5 Å². The number of hydrogen-bond donors (Lipinski definition) is 2. The van der Waals surface area contributed by atoms with Crippen molar-refractivity contribution < 1.29 is 13.2 Å². The maximum Gasteiger partial charge on any atom is 0.238 e. The van der Waals surface area contributed by atoms with Crippen molar-refractivity contribution in [2.75, 3.05) is 23.3 Å². The third kappa shape index (κ3) is 4.25. The molecule has 0 unspecified atom stereocenters. The molecule has 0 aliphatic carbocycles. The first-order valence-electron chi connectivity index (χ1n) is 8.96. The summed E-state index contributed by atoms with van der Waals surface area (Å²) in [7, 11) is -3.75. The lowest BCUT2D eigenvalue weighted by atomic mass is 9.99. The van der Waals surface area contributed by atoms with Crippen molar-refractivity contribution in [1.29, 1.82) is 0 Å². The Morgan fingerprint density at radius 1 is 1.03 bits per heavy atom. The SMILES string of the molecule is NS(=O)(=O)c1ccc(NC(=O)C2CN(c3cc(-c4ccccc4)ncn3)C2)cc1. The van der Waals surface area contributed by atoms with Gasteiger partial charge in [0.2, 0.25) is 15.9 Å². The zero-order valence-corrected chi connectivity index (χ0v) is 16.2. The molecule has 1 saturated heterocycles. The Labute approximate surface area is 168 Å². The maximum absolute atomic E-state index is 12.4. The molecular formula is C20H19N5O3S. The number of carbonyl (C=O) groups is 1. The number of hydrogen-bond acceptors (Lipinski definition) is 6. The van der Waals surface area contributed by atoms with Gasteiger partial charge in [-0.3, -0.25) is 4.79 Å². The van der Waals surface area contributed by atoms with Crippen LogP contribution in [0.15, 0.2) is 71.9 Å². The number of aromatic nitrogens is 2. The summed E-state index contributed by atoms with van der Waals surface area (Å²) < 4.78 is 22.6. The van der Waals surface area contributed by atoms with Gasteiger partial charge < -0.3 is 10.2 Å². The van der Waals surface area contributed by atoms with Crippen molar-refractivity contribution in [2.24, 2.45) is 11.1 Å². The molecule has 3 aromatic rings. The monoisotopic (exact) mass is 409 g/mol. The zero-order chi connectivity index (χ0) is 20.4. The molecule has 0 radical (unpaired) electrons. The van der Waals surface area contributed by atoms with E-state index in [4.69, 9.17) is 5.14 Å². The van der Waals surface area contributed by atoms with Gasteiger partial charge in [-0.1, -0.05) is 30.3 Å². The first-order valence-corrected chi connectivity index (χ1v) is 10.5. The number of sulfonamides is 1. The molecule has 3 N–H and O–H groups in total. The minimum absolute atomic E-state index is 0.00306. The van der Waals surface area contributed by atoms with Crippen molar-refractivity contribution in [3.63, 3.8) is 0 Å². The van der Waals surface area contributed by atoms with Crippen LogP contribution < -0.4 is 15.4 Å². The molecule has 148 valence electrons. The quantitative estimate of drug-likeness (QED) is 0.664. The Morgan fingerprint density at radius 3 is 2.38 bits per heavy atom. The number of nitrogens with zero attached hydrogens (tertiary/aromatic N) is 3. The van der Waals surface area contributed by atoms with Gasteiger partial charge in [0.25, 0.3) is 0 Å². The summed E-state index contributed by atoms with van der Waals surface area (Å²) in [5.74, 6) is 0.477. The van der Waals surface area contributed by atoms with Gasteiger partial charge >= 0.3 is 0 Å². The van der Waals surface area contributed by atoms with Gasteiger partial charge in [0, 0.05) is 30.4 Å². The number of nitrogens with two attached hydrogens (primary N) is 1. The minimum atomic E-state index is -3.75. The molecule has 2 aromatic carbocycles. The second-order valence-corrected chi connectivity index (χ2v) is 8.35. The number of carbonyl (C=O) groups excluding carboxylic acids is 1. The van der Waals surface area contributed by atoms with Crippen LogP contribution in [-0.4, -0.2) is 37.4 Å². The zero-order valence-electron chi connectivity index (χ0n) is 15.4. The van der Waals surface area contributed by atoms with Crippen LogP contribution in [-0.2, 0) is 14.8 Å². The number of primary sulfonamides is 1. The highest BCUT2D eigenvalue weighted by molar-refractivity contribution is 7.89. The van der Waals surface area contributed by atoms with Crippen LogP contribution in [0.25, 0.3) is 11.3 Å². The predicted molar refractivity (Wildman–Crippen MR) is 110 cm³/mol. The second kappa shape index (κ2) is 7.61. The summed E-state index contributed by atoms with van der Waals surface area (Å²) >= 11 is 0. The Bertz CT molecular complexity index is 1130. The lowest BCUT2D eigenvalue weighted by Gasteiger charge is -2.39. The van der Waals surface area contributed by atoms with Gasteiger partial charge in [-0.2, -0.15) is 0 Å². The molecule has 1 aliphatic rings. The average molecular weight is 409 g/mol. The van der Waals surface area contributed by atoms with Crippen LogP contribution in [0.3, 0.4) is 0 Å². The molecule has 0 bridgehead atoms. The second-order valence-electron chi connectivity index (χ2n) is 6.79. The normalized spacial score (nSPS) is 14.3. The number of benzene rings is 2. The largest absolute Gasteiger partial charge is 0.355 e. The van der Waals surface area contributed by atoms with E-state index in [0.717, 1.165) is 17.1 Å². The van der Waals surface area contributed by atoms with E-state index in [2.05, 4.69) is 15.3 Å². The molecule has 9 heteroatoms. The van der Waals surface area contributed by atoms with Gasteiger partial charge in [0.15, 0.2) is 0 Å². The lowest BCUT2D eigenvalue weighted by Crippen LogP contribution is -2.52. The average Bonchev–Trinajstić information content (AvgIpc) is 2.67. The molecule has 0 spiro atoms. The molecule has 4 rings (SSSR count). The number of anilines is 2. The molecular weight excluding hydrogens is 390 g/mol. The molecule has 1 aliphatic heterocycles. The molecule has 0 atom stereocenters. The molecule has 1 aromatic heterocycles. The van der Waals surface area contributed by atoms with Crippen LogP contribution in [0, 0.1) is 5.92 Å². The van der Waals surface area contributed by atoms with E-state index in [-0.39, 0.29) is 16.7 Å². The van der Waals surface area contributed by atoms with Crippen molar-refractivity contribution in [3.8, 4) is 11.3 Å². The maximum atomic E-state index is 12.4. The van der Waals surface area contributed by atoms with Crippen LogP contribution in [0.2, 0.25) is 0 Å². The molecule has 1 amide bonds. The Kier molecular flexibility index (Phi) is 4.99. The first-order chi connectivity index (χ1) is 13.9. The number of amides is 1. The van der Waals surface area contributed by atoms with Gasteiger partial charge in [-0.15, -0.1) is 0 Å². The highest BCUT2D eigenvalue weighted by Gasteiger charge is 2.33. The number of nitrogens with one attached hydrogen (secondary N) is 1. The summed E-state index contributed by atoms with van der Waals surface area (Å²) in [6, 6.07) is 17.5. The fraction of sp³-hybridized carbons (Fsp3) is 0.150. The summed E-state index contributed by atoms with van der Waals surface area (Å²) in [4.78, 5) is 23.1. The first kappa shape index (κ1) is 19.0. The fourth-order valence-corrected chi connectivity index (χ4v) is 3.61. The molecule has 29 heavy (non-hydrogen) atoms. The third-order valence-electron chi connectivity index (χ3n) is 4.75.